The molecular weight excluding hydrogens is 335 g/mol. The average molecular weight is 347 g/mol. The van der Waals surface area contributed by atoms with Gasteiger partial charge in [0.2, 0.25) is 0 Å². The summed E-state index contributed by atoms with van der Waals surface area (Å²) < 4.78 is 19.4. The fourth-order valence-electron chi connectivity index (χ4n) is 2.22. The van der Waals surface area contributed by atoms with E-state index in [1.54, 1.807) is 12.1 Å². The Labute approximate surface area is 129 Å². The van der Waals surface area contributed by atoms with Crippen LogP contribution in [0.1, 0.15) is 5.56 Å². The molecule has 0 aliphatic heterocycles. The largest absolute Gasteiger partial charge is 0.380 e. The number of rotatable bonds is 2. The maximum Gasteiger partial charge on any atom is 0.177 e. The van der Waals surface area contributed by atoms with Crippen LogP contribution in [0.2, 0.25) is 0 Å². The lowest BCUT2D eigenvalue weighted by atomic mass is 10.00. The molecule has 2 aromatic carbocycles. The molecule has 0 aliphatic rings. The highest BCUT2D eigenvalue weighted by Gasteiger charge is 2.18. The van der Waals surface area contributed by atoms with E-state index in [0.29, 0.717) is 27.2 Å². The minimum absolute atomic E-state index is 0.291. The van der Waals surface area contributed by atoms with E-state index in [1.807, 2.05) is 31.2 Å². The van der Waals surface area contributed by atoms with Gasteiger partial charge < -0.3 is 10.3 Å². The normalized spacial score (nSPS) is 10.8. The Kier molecular flexibility index (Phi) is 3.51. The lowest BCUT2D eigenvalue weighted by Gasteiger charge is -2.05. The van der Waals surface area contributed by atoms with Gasteiger partial charge in [-0.15, -0.1) is 0 Å². The number of aryl methyl sites for hydroxylation is 1. The zero-order valence-electron chi connectivity index (χ0n) is 11.2. The number of hydrogen-bond donors (Lipinski definition) is 1. The molecule has 106 valence electrons. The summed E-state index contributed by atoms with van der Waals surface area (Å²) in [5.74, 6) is 0.390. The molecular formula is C16H12BrFN2O. The van der Waals surface area contributed by atoms with Crippen LogP contribution in [0, 0.1) is 12.7 Å². The van der Waals surface area contributed by atoms with Gasteiger partial charge in [0.1, 0.15) is 5.82 Å². The van der Waals surface area contributed by atoms with Crippen LogP contribution in [0.25, 0.3) is 22.5 Å². The van der Waals surface area contributed by atoms with E-state index in [-0.39, 0.29) is 5.82 Å². The fraction of sp³-hybridized carbons (Fsp3) is 0.0625. The third kappa shape index (κ3) is 2.56. The summed E-state index contributed by atoms with van der Waals surface area (Å²) >= 11 is 3.13. The van der Waals surface area contributed by atoms with Crippen molar-refractivity contribution >= 4 is 21.7 Å². The van der Waals surface area contributed by atoms with Gasteiger partial charge in [-0.3, -0.25) is 0 Å². The van der Waals surface area contributed by atoms with Crippen molar-refractivity contribution in [2.45, 2.75) is 6.92 Å². The SMILES string of the molecule is Cc1cccc(-c2c(N)noc2-c2ccc(Br)c(F)c2)c1. The minimum atomic E-state index is -0.363. The van der Waals surface area contributed by atoms with Crippen LogP contribution in [0.5, 0.6) is 0 Å². The summed E-state index contributed by atoms with van der Waals surface area (Å²) in [6, 6.07) is 12.6. The molecule has 3 aromatic rings. The summed E-state index contributed by atoms with van der Waals surface area (Å²) in [6.45, 7) is 1.99. The van der Waals surface area contributed by atoms with Crippen molar-refractivity contribution in [3.63, 3.8) is 0 Å². The van der Waals surface area contributed by atoms with Gasteiger partial charge in [0.15, 0.2) is 11.6 Å². The molecule has 1 heterocycles. The number of aromatic nitrogens is 1. The van der Waals surface area contributed by atoms with E-state index in [9.17, 15) is 4.39 Å². The summed E-state index contributed by atoms with van der Waals surface area (Å²) in [5, 5.41) is 3.82. The van der Waals surface area contributed by atoms with Crippen molar-refractivity contribution in [3.8, 4) is 22.5 Å². The van der Waals surface area contributed by atoms with E-state index in [1.165, 1.54) is 6.07 Å². The number of benzene rings is 2. The van der Waals surface area contributed by atoms with E-state index >= 15 is 0 Å². The van der Waals surface area contributed by atoms with Gasteiger partial charge in [-0.2, -0.15) is 0 Å². The first kappa shape index (κ1) is 13.8. The average Bonchev–Trinajstić information content (AvgIpc) is 2.84. The van der Waals surface area contributed by atoms with Crippen molar-refractivity contribution in [2.75, 3.05) is 5.73 Å². The molecule has 0 radical (unpaired) electrons. The zero-order chi connectivity index (χ0) is 15.0. The lowest BCUT2D eigenvalue weighted by Crippen LogP contribution is -1.89. The second-order valence-electron chi connectivity index (χ2n) is 4.77. The summed E-state index contributed by atoms with van der Waals surface area (Å²) in [6.07, 6.45) is 0. The summed E-state index contributed by atoms with van der Waals surface area (Å²) in [5.41, 5.74) is 9.19. The van der Waals surface area contributed by atoms with E-state index in [4.69, 9.17) is 10.3 Å². The number of hydrogen-bond acceptors (Lipinski definition) is 3. The van der Waals surface area contributed by atoms with Crippen LogP contribution in [-0.2, 0) is 0 Å². The zero-order valence-corrected chi connectivity index (χ0v) is 12.8. The number of nitrogens with two attached hydrogens (primary N) is 1. The van der Waals surface area contributed by atoms with Crippen molar-refractivity contribution in [1.82, 2.24) is 5.16 Å². The van der Waals surface area contributed by atoms with Crippen LogP contribution in [0.3, 0.4) is 0 Å². The topological polar surface area (TPSA) is 52.0 Å². The highest BCUT2D eigenvalue weighted by atomic mass is 79.9. The molecule has 0 bridgehead atoms. The van der Waals surface area contributed by atoms with Crippen LogP contribution in [-0.4, -0.2) is 5.16 Å². The van der Waals surface area contributed by atoms with Gasteiger partial charge >= 0.3 is 0 Å². The smallest absolute Gasteiger partial charge is 0.177 e. The van der Waals surface area contributed by atoms with Crippen molar-refractivity contribution < 1.29 is 8.91 Å². The van der Waals surface area contributed by atoms with E-state index < -0.39 is 0 Å². The molecule has 0 unspecified atom stereocenters. The van der Waals surface area contributed by atoms with Gasteiger partial charge in [0.25, 0.3) is 0 Å². The van der Waals surface area contributed by atoms with Crippen LogP contribution in [0.4, 0.5) is 10.2 Å². The van der Waals surface area contributed by atoms with Crippen molar-refractivity contribution in [1.29, 1.82) is 0 Å². The quantitative estimate of drug-likeness (QED) is 0.724. The van der Waals surface area contributed by atoms with Crippen molar-refractivity contribution in [3.05, 3.63) is 58.3 Å². The predicted octanol–water partition coefficient (Wildman–Crippen LogP) is 4.80. The van der Waals surface area contributed by atoms with Gasteiger partial charge in [-0.1, -0.05) is 35.0 Å². The number of nitrogen functional groups attached to an aromatic ring is 1. The Morgan fingerprint density at radius 3 is 2.67 bits per heavy atom. The Bertz CT molecular complexity index is 814. The summed E-state index contributed by atoms with van der Waals surface area (Å²) in [7, 11) is 0. The molecule has 0 saturated heterocycles. The van der Waals surface area contributed by atoms with Gasteiger partial charge in [-0.25, -0.2) is 4.39 Å². The standard InChI is InChI=1S/C16H12BrFN2O/c1-9-3-2-4-10(7-9)14-15(21-20-16(14)19)11-5-6-12(17)13(18)8-11/h2-8H,1H3,(H2,19,20). The number of nitrogens with zero attached hydrogens (tertiary/aromatic N) is 1. The second-order valence-corrected chi connectivity index (χ2v) is 5.62. The number of anilines is 1. The van der Waals surface area contributed by atoms with Gasteiger partial charge in [0, 0.05) is 5.56 Å². The van der Waals surface area contributed by atoms with Crippen molar-refractivity contribution in [2.24, 2.45) is 0 Å². The predicted molar refractivity (Wildman–Crippen MR) is 84.2 cm³/mol. The highest BCUT2D eigenvalue weighted by molar-refractivity contribution is 9.10. The lowest BCUT2D eigenvalue weighted by molar-refractivity contribution is 0.436. The molecule has 0 spiro atoms. The molecule has 2 N–H and O–H groups in total. The molecule has 5 heteroatoms. The molecule has 0 atom stereocenters. The van der Waals surface area contributed by atoms with Gasteiger partial charge in [-0.05, 0) is 46.6 Å². The fourth-order valence-corrected chi connectivity index (χ4v) is 2.46. The van der Waals surface area contributed by atoms with Gasteiger partial charge in [0.05, 0.1) is 10.0 Å². The van der Waals surface area contributed by atoms with Crippen LogP contribution < -0.4 is 5.73 Å². The Hall–Kier alpha value is -2.14. The highest BCUT2D eigenvalue weighted by Crippen LogP contribution is 2.37. The van der Waals surface area contributed by atoms with Crippen LogP contribution >= 0.6 is 15.9 Å². The second kappa shape index (κ2) is 5.33. The van der Waals surface area contributed by atoms with E-state index in [0.717, 1.165) is 11.1 Å². The maximum atomic E-state index is 13.7. The Morgan fingerprint density at radius 1 is 1.14 bits per heavy atom. The molecule has 21 heavy (non-hydrogen) atoms. The summed E-state index contributed by atoms with van der Waals surface area (Å²) in [4.78, 5) is 0. The minimum Gasteiger partial charge on any atom is -0.380 e. The monoisotopic (exact) mass is 346 g/mol. The third-order valence-electron chi connectivity index (χ3n) is 3.21. The first-order valence-corrected chi connectivity index (χ1v) is 7.13. The Morgan fingerprint density at radius 2 is 1.95 bits per heavy atom. The first-order chi connectivity index (χ1) is 10.1. The molecule has 3 nitrogen and oxygen atoms in total. The molecule has 0 saturated carbocycles. The molecule has 1 aromatic heterocycles. The Balaban J connectivity index is 2.19. The molecule has 0 fully saturated rings. The van der Waals surface area contributed by atoms with Crippen LogP contribution in [0.15, 0.2) is 51.5 Å². The molecule has 0 aliphatic carbocycles. The maximum absolute atomic E-state index is 13.7. The molecule has 3 rings (SSSR count). The van der Waals surface area contributed by atoms with E-state index in [2.05, 4.69) is 21.1 Å². The number of halogens is 2. The first-order valence-electron chi connectivity index (χ1n) is 6.34. The third-order valence-corrected chi connectivity index (χ3v) is 3.85. The molecule has 0 amide bonds.